The zero-order valence-electron chi connectivity index (χ0n) is 9.85. The van der Waals surface area contributed by atoms with Crippen LogP contribution in [0, 0.1) is 17.0 Å². The molecule has 8 nitrogen and oxygen atoms in total. The van der Waals surface area contributed by atoms with Crippen LogP contribution in [-0.2, 0) is 10.1 Å². The Bertz CT molecular complexity index is 652. The van der Waals surface area contributed by atoms with Gasteiger partial charge in [-0.25, -0.2) is 4.98 Å². The Balaban J connectivity index is 0.000000250. The second-order valence-corrected chi connectivity index (χ2v) is 4.76. The number of rotatable bonds is 2. The van der Waals surface area contributed by atoms with Gasteiger partial charge in [-0.05, 0) is 13.0 Å². The predicted molar refractivity (Wildman–Crippen MR) is 66.2 cm³/mol. The SMILES string of the molecule is Cc1ncc[nH]1.O=[N+]([O-])c1ccccc1S(=O)(=O)O. The van der Waals surface area contributed by atoms with Crippen LogP contribution in [0.15, 0.2) is 41.6 Å². The normalized spacial score (nSPS) is 10.4. The lowest BCUT2D eigenvalue weighted by Gasteiger charge is -1.97. The molecule has 0 aliphatic carbocycles. The van der Waals surface area contributed by atoms with Gasteiger partial charge in [-0.1, -0.05) is 12.1 Å². The number of aromatic amines is 1. The molecule has 0 saturated heterocycles. The second kappa shape index (κ2) is 6.07. The maximum atomic E-state index is 10.6. The Labute approximate surface area is 109 Å². The largest absolute Gasteiger partial charge is 0.349 e. The van der Waals surface area contributed by atoms with Crippen molar-refractivity contribution in [3.8, 4) is 0 Å². The fourth-order valence-electron chi connectivity index (χ4n) is 1.17. The minimum absolute atomic E-state index is 0.634. The first-order valence-electron chi connectivity index (χ1n) is 4.99. The van der Waals surface area contributed by atoms with E-state index < -0.39 is 25.6 Å². The number of nitrogens with one attached hydrogen (secondary N) is 1. The lowest BCUT2D eigenvalue weighted by molar-refractivity contribution is -0.387. The molecule has 2 N–H and O–H groups in total. The van der Waals surface area contributed by atoms with Gasteiger partial charge in [-0.2, -0.15) is 8.42 Å². The number of imidazole rings is 1. The van der Waals surface area contributed by atoms with Crippen LogP contribution in [0.1, 0.15) is 5.82 Å². The molecule has 0 spiro atoms. The highest BCUT2D eigenvalue weighted by Gasteiger charge is 2.22. The van der Waals surface area contributed by atoms with Crippen molar-refractivity contribution >= 4 is 15.8 Å². The topological polar surface area (TPSA) is 126 Å². The molecule has 0 bridgehead atoms. The van der Waals surface area contributed by atoms with E-state index in [2.05, 4.69) is 9.97 Å². The second-order valence-electron chi connectivity index (χ2n) is 3.37. The summed E-state index contributed by atoms with van der Waals surface area (Å²) < 4.78 is 29.8. The zero-order valence-corrected chi connectivity index (χ0v) is 10.7. The van der Waals surface area contributed by atoms with Crippen LogP contribution in [-0.4, -0.2) is 27.9 Å². The summed E-state index contributed by atoms with van der Waals surface area (Å²) in [4.78, 5) is 15.5. The summed E-state index contributed by atoms with van der Waals surface area (Å²) in [7, 11) is -4.52. The number of hydrogen-bond acceptors (Lipinski definition) is 5. The predicted octanol–water partition coefficient (Wildman–Crippen LogP) is 1.56. The van der Waals surface area contributed by atoms with E-state index in [1.54, 1.807) is 12.4 Å². The zero-order chi connectivity index (χ0) is 14.5. The molecule has 1 aromatic heterocycles. The Morgan fingerprint density at radius 1 is 1.37 bits per heavy atom. The summed E-state index contributed by atoms with van der Waals surface area (Å²) >= 11 is 0. The first-order valence-corrected chi connectivity index (χ1v) is 6.43. The van der Waals surface area contributed by atoms with Crippen LogP contribution in [0.2, 0.25) is 0 Å². The van der Waals surface area contributed by atoms with E-state index >= 15 is 0 Å². The lowest BCUT2D eigenvalue weighted by Crippen LogP contribution is -2.02. The third-order valence-electron chi connectivity index (χ3n) is 1.97. The van der Waals surface area contributed by atoms with Gasteiger partial charge in [0.05, 0.1) is 4.92 Å². The summed E-state index contributed by atoms with van der Waals surface area (Å²) in [5, 5.41) is 10.3. The Hall–Kier alpha value is -2.26. The van der Waals surface area contributed by atoms with Gasteiger partial charge in [0.25, 0.3) is 5.69 Å². The van der Waals surface area contributed by atoms with Crippen LogP contribution in [0.4, 0.5) is 5.69 Å². The molecule has 1 aromatic carbocycles. The monoisotopic (exact) mass is 285 g/mol. The highest BCUT2D eigenvalue weighted by atomic mass is 32.2. The molecule has 1 heterocycles. The van der Waals surface area contributed by atoms with Crippen molar-refractivity contribution in [1.82, 2.24) is 9.97 Å². The van der Waals surface area contributed by atoms with E-state index in [4.69, 9.17) is 4.55 Å². The molecule has 0 radical (unpaired) electrons. The minimum Gasteiger partial charge on any atom is -0.349 e. The Kier molecular flexibility index (Phi) is 4.73. The summed E-state index contributed by atoms with van der Waals surface area (Å²) in [6.07, 6.45) is 3.53. The fraction of sp³-hybridized carbons (Fsp3) is 0.100. The van der Waals surface area contributed by atoms with Crippen molar-refractivity contribution in [2.24, 2.45) is 0 Å². The summed E-state index contributed by atoms with van der Waals surface area (Å²) in [5.74, 6) is 0.968. The number of aryl methyl sites for hydroxylation is 1. The molecule has 0 atom stereocenters. The molecule has 2 rings (SSSR count). The van der Waals surface area contributed by atoms with Crippen LogP contribution < -0.4 is 0 Å². The maximum absolute atomic E-state index is 10.6. The summed E-state index contributed by atoms with van der Waals surface area (Å²) in [5.41, 5.74) is -0.634. The van der Waals surface area contributed by atoms with Gasteiger partial charge in [0.2, 0.25) is 0 Å². The molecule has 0 saturated carbocycles. The van der Waals surface area contributed by atoms with Crippen molar-refractivity contribution in [3.63, 3.8) is 0 Å². The third-order valence-corrected chi connectivity index (χ3v) is 2.88. The average Bonchev–Trinajstić information content (AvgIpc) is 2.80. The molecule has 0 aliphatic heterocycles. The number of H-pyrrole nitrogens is 1. The number of nitrogens with zero attached hydrogens (tertiary/aromatic N) is 2. The molecule has 2 aromatic rings. The molecule has 0 amide bonds. The number of benzene rings is 1. The van der Waals surface area contributed by atoms with E-state index in [9.17, 15) is 18.5 Å². The Morgan fingerprint density at radius 3 is 2.32 bits per heavy atom. The highest BCUT2D eigenvalue weighted by Crippen LogP contribution is 2.21. The molecule has 102 valence electrons. The van der Waals surface area contributed by atoms with Crippen molar-refractivity contribution < 1.29 is 17.9 Å². The number of nitro groups is 1. The third kappa shape index (κ3) is 4.48. The highest BCUT2D eigenvalue weighted by molar-refractivity contribution is 7.86. The molecule has 0 aliphatic rings. The average molecular weight is 285 g/mol. The van der Waals surface area contributed by atoms with Gasteiger partial charge in [-0.15, -0.1) is 0 Å². The van der Waals surface area contributed by atoms with Crippen LogP contribution >= 0.6 is 0 Å². The molecule has 19 heavy (non-hydrogen) atoms. The van der Waals surface area contributed by atoms with E-state index in [1.807, 2.05) is 6.92 Å². The molecule has 0 unspecified atom stereocenters. The Morgan fingerprint density at radius 2 is 2.00 bits per heavy atom. The van der Waals surface area contributed by atoms with Crippen molar-refractivity contribution in [3.05, 3.63) is 52.6 Å². The van der Waals surface area contributed by atoms with Gasteiger partial charge in [-0.3, -0.25) is 14.7 Å². The minimum atomic E-state index is -4.52. The van der Waals surface area contributed by atoms with Gasteiger partial charge in [0.1, 0.15) is 5.82 Å². The summed E-state index contributed by atoms with van der Waals surface area (Å²) in [6.45, 7) is 1.92. The van der Waals surface area contributed by atoms with Crippen LogP contribution in [0.5, 0.6) is 0 Å². The lowest BCUT2D eigenvalue weighted by atomic mass is 10.3. The van der Waals surface area contributed by atoms with Crippen molar-refractivity contribution in [2.75, 3.05) is 0 Å². The van der Waals surface area contributed by atoms with Gasteiger partial charge in [0.15, 0.2) is 4.90 Å². The quantitative estimate of drug-likeness (QED) is 0.489. The van der Waals surface area contributed by atoms with E-state index in [1.165, 1.54) is 12.1 Å². The number of hydrogen-bond donors (Lipinski definition) is 2. The molecular formula is C10H11N3O5S. The molecule has 9 heteroatoms. The van der Waals surface area contributed by atoms with E-state index in [0.29, 0.717) is 0 Å². The molecular weight excluding hydrogens is 274 g/mol. The van der Waals surface area contributed by atoms with Gasteiger partial charge in [0, 0.05) is 18.5 Å². The van der Waals surface area contributed by atoms with Crippen molar-refractivity contribution in [2.45, 2.75) is 11.8 Å². The first-order chi connectivity index (χ1) is 8.82. The standard InChI is InChI=1S/C6H5NO5S.C4H6N2/c8-7(9)5-3-1-2-4-6(5)13(10,11)12;1-4-5-2-3-6-4/h1-4H,(H,10,11,12);2-3H,1H3,(H,5,6). The van der Waals surface area contributed by atoms with Crippen LogP contribution in [0.25, 0.3) is 0 Å². The van der Waals surface area contributed by atoms with E-state index in [0.717, 1.165) is 18.0 Å². The fourth-order valence-corrected chi connectivity index (χ4v) is 1.83. The van der Waals surface area contributed by atoms with Crippen LogP contribution in [0.3, 0.4) is 0 Å². The number of aromatic nitrogens is 2. The summed E-state index contributed by atoms with van der Waals surface area (Å²) in [6, 6.07) is 4.57. The van der Waals surface area contributed by atoms with Gasteiger partial charge < -0.3 is 4.98 Å². The molecule has 0 fully saturated rings. The van der Waals surface area contributed by atoms with Gasteiger partial charge >= 0.3 is 10.1 Å². The first kappa shape index (κ1) is 14.8. The van der Waals surface area contributed by atoms with E-state index in [-0.39, 0.29) is 0 Å². The number of para-hydroxylation sites is 1. The smallest absolute Gasteiger partial charge is 0.301 e. The maximum Gasteiger partial charge on any atom is 0.301 e. The number of nitro benzene ring substituents is 1. The van der Waals surface area contributed by atoms with Crippen molar-refractivity contribution in [1.29, 1.82) is 0 Å².